The second-order valence-electron chi connectivity index (χ2n) is 4.85. The molecule has 1 heterocycles. The summed E-state index contributed by atoms with van der Waals surface area (Å²) in [6.45, 7) is 11.0. The molecule has 0 saturated carbocycles. The van der Waals surface area contributed by atoms with Crippen LogP contribution in [0.25, 0.3) is 0 Å². The minimum absolute atomic E-state index is 0.430. The summed E-state index contributed by atoms with van der Waals surface area (Å²) < 4.78 is 5.22. The van der Waals surface area contributed by atoms with Gasteiger partial charge in [-0.25, -0.2) is 9.97 Å². The average Bonchev–Trinajstić information content (AvgIpc) is 2.47. The maximum absolute atomic E-state index is 5.22. The fourth-order valence-corrected chi connectivity index (χ4v) is 2.03. The maximum atomic E-state index is 5.22. The third kappa shape index (κ3) is 4.63. The molecule has 0 spiro atoms. The van der Waals surface area contributed by atoms with Gasteiger partial charge < -0.3 is 15.0 Å². The summed E-state index contributed by atoms with van der Waals surface area (Å²) >= 11 is 0. The molecule has 1 unspecified atom stereocenters. The van der Waals surface area contributed by atoms with Crippen LogP contribution in [0.15, 0.2) is 6.07 Å². The first kappa shape index (κ1) is 16.7. The van der Waals surface area contributed by atoms with Crippen molar-refractivity contribution in [3.63, 3.8) is 0 Å². The molecule has 114 valence electrons. The van der Waals surface area contributed by atoms with Crippen LogP contribution in [0.3, 0.4) is 0 Å². The fraction of sp³-hybridized carbons (Fsp3) is 0.733. The van der Waals surface area contributed by atoms with Gasteiger partial charge in [0.2, 0.25) is 0 Å². The van der Waals surface area contributed by atoms with Crippen molar-refractivity contribution in [1.82, 2.24) is 9.97 Å². The Kier molecular flexibility index (Phi) is 7.30. The Morgan fingerprint density at radius 2 is 2.05 bits per heavy atom. The van der Waals surface area contributed by atoms with E-state index in [-0.39, 0.29) is 0 Å². The molecule has 5 nitrogen and oxygen atoms in total. The maximum Gasteiger partial charge on any atom is 0.134 e. The first-order valence-corrected chi connectivity index (χ1v) is 7.53. The SMILES string of the molecule is CCNc1cc(N(CCOC)C(C)CC)nc(CC)n1. The van der Waals surface area contributed by atoms with Gasteiger partial charge in [0.05, 0.1) is 6.61 Å². The summed E-state index contributed by atoms with van der Waals surface area (Å²) in [4.78, 5) is 11.5. The van der Waals surface area contributed by atoms with Gasteiger partial charge in [0.15, 0.2) is 0 Å². The van der Waals surface area contributed by atoms with Gasteiger partial charge >= 0.3 is 0 Å². The zero-order valence-electron chi connectivity index (χ0n) is 13.4. The van der Waals surface area contributed by atoms with E-state index in [4.69, 9.17) is 4.74 Å². The molecular weight excluding hydrogens is 252 g/mol. The molecule has 0 saturated heterocycles. The van der Waals surface area contributed by atoms with Crippen molar-refractivity contribution in [2.24, 2.45) is 0 Å². The lowest BCUT2D eigenvalue weighted by Crippen LogP contribution is -2.36. The summed E-state index contributed by atoms with van der Waals surface area (Å²) in [7, 11) is 1.73. The normalized spacial score (nSPS) is 12.2. The molecule has 0 bridgehead atoms. The number of rotatable bonds is 9. The lowest BCUT2D eigenvalue weighted by atomic mass is 10.2. The molecule has 20 heavy (non-hydrogen) atoms. The summed E-state index contributed by atoms with van der Waals surface area (Å²) in [5.41, 5.74) is 0. The number of methoxy groups -OCH3 is 1. The Labute approximate surface area is 122 Å². The summed E-state index contributed by atoms with van der Waals surface area (Å²) in [5, 5.41) is 3.28. The van der Waals surface area contributed by atoms with Gasteiger partial charge in [0.1, 0.15) is 17.5 Å². The smallest absolute Gasteiger partial charge is 0.134 e. The topological polar surface area (TPSA) is 50.3 Å². The number of ether oxygens (including phenoxy) is 1. The van der Waals surface area contributed by atoms with Crippen LogP contribution in [0.2, 0.25) is 0 Å². The molecule has 0 aliphatic carbocycles. The minimum Gasteiger partial charge on any atom is -0.383 e. The molecule has 0 aliphatic rings. The van der Waals surface area contributed by atoms with Crippen LogP contribution >= 0.6 is 0 Å². The number of anilines is 2. The predicted octanol–water partition coefficient (Wildman–Crippen LogP) is 2.72. The van der Waals surface area contributed by atoms with E-state index in [2.05, 4.69) is 47.9 Å². The van der Waals surface area contributed by atoms with Crippen molar-refractivity contribution in [3.05, 3.63) is 11.9 Å². The molecule has 0 amide bonds. The van der Waals surface area contributed by atoms with Crippen LogP contribution < -0.4 is 10.2 Å². The second-order valence-corrected chi connectivity index (χ2v) is 4.85. The Morgan fingerprint density at radius 3 is 2.60 bits per heavy atom. The molecule has 0 aromatic carbocycles. The average molecular weight is 280 g/mol. The Balaban J connectivity index is 3.06. The largest absolute Gasteiger partial charge is 0.383 e. The number of nitrogens with zero attached hydrogens (tertiary/aromatic N) is 3. The van der Waals surface area contributed by atoms with Gasteiger partial charge in [0.25, 0.3) is 0 Å². The van der Waals surface area contributed by atoms with Crippen LogP contribution in [0.4, 0.5) is 11.6 Å². The van der Waals surface area contributed by atoms with Crippen molar-refractivity contribution >= 4 is 11.6 Å². The Hall–Kier alpha value is -1.36. The van der Waals surface area contributed by atoms with E-state index in [0.29, 0.717) is 12.6 Å². The van der Waals surface area contributed by atoms with Gasteiger partial charge in [-0.1, -0.05) is 13.8 Å². The third-order valence-corrected chi connectivity index (χ3v) is 3.39. The molecule has 0 fully saturated rings. The Bertz CT molecular complexity index is 397. The van der Waals surface area contributed by atoms with Crippen molar-refractivity contribution < 1.29 is 4.74 Å². The van der Waals surface area contributed by atoms with Crippen molar-refractivity contribution in [2.75, 3.05) is 37.0 Å². The summed E-state index contributed by atoms with van der Waals surface area (Å²) in [5.74, 6) is 2.77. The zero-order valence-corrected chi connectivity index (χ0v) is 13.4. The number of hydrogen-bond acceptors (Lipinski definition) is 5. The quantitative estimate of drug-likeness (QED) is 0.753. The minimum atomic E-state index is 0.430. The van der Waals surface area contributed by atoms with Gasteiger partial charge in [-0.3, -0.25) is 0 Å². The molecule has 0 aliphatic heterocycles. The monoisotopic (exact) mass is 280 g/mol. The summed E-state index contributed by atoms with van der Waals surface area (Å²) in [6.07, 6.45) is 1.91. The Morgan fingerprint density at radius 1 is 1.30 bits per heavy atom. The van der Waals surface area contributed by atoms with Crippen LogP contribution in [-0.2, 0) is 11.2 Å². The first-order chi connectivity index (χ1) is 9.65. The van der Waals surface area contributed by atoms with E-state index in [1.807, 2.05) is 6.07 Å². The highest BCUT2D eigenvalue weighted by Crippen LogP contribution is 2.19. The molecular formula is C15H28N4O. The van der Waals surface area contributed by atoms with E-state index in [0.717, 1.165) is 43.4 Å². The van der Waals surface area contributed by atoms with Crippen molar-refractivity contribution in [3.8, 4) is 0 Å². The summed E-state index contributed by atoms with van der Waals surface area (Å²) in [6, 6.07) is 2.46. The van der Waals surface area contributed by atoms with Gasteiger partial charge in [-0.05, 0) is 20.3 Å². The lowest BCUT2D eigenvalue weighted by Gasteiger charge is -2.30. The van der Waals surface area contributed by atoms with Crippen molar-refractivity contribution in [1.29, 1.82) is 0 Å². The molecule has 1 aromatic rings. The van der Waals surface area contributed by atoms with Gasteiger partial charge in [-0.15, -0.1) is 0 Å². The molecule has 1 N–H and O–H groups in total. The van der Waals surface area contributed by atoms with E-state index in [1.165, 1.54) is 0 Å². The predicted molar refractivity (Wildman–Crippen MR) is 84.5 cm³/mol. The second kappa shape index (κ2) is 8.74. The van der Waals surface area contributed by atoms with Gasteiger partial charge in [0, 0.05) is 38.7 Å². The van der Waals surface area contributed by atoms with Crippen LogP contribution in [0.1, 0.15) is 39.9 Å². The first-order valence-electron chi connectivity index (χ1n) is 7.53. The van der Waals surface area contributed by atoms with Crippen LogP contribution in [0.5, 0.6) is 0 Å². The molecule has 1 atom stereocenters. The lowest BCUT2D eigenvalue weighted by molar-refractivity contribution is 0.203. The van der Waals surface area contributed by atoms with E-state index < -0.39 is 0 Å². The van der Waals surface area contributed by atoms with E-state index in [1.54, 1.807) is 7.11 Å². The third-order valence-electron chi connectivity index (χ3n) is 3.39. The van der Waals surface area contributed by atoms with Crippen LogP contribution in [0, 0.1) is 0 Å². The number of aromatic nitrogens is 2. The molecule has 5 heteroatoms. The highest BCUT2D eigenvalue weighted by molar-refractivity contribution is 5.50. The molecule has 1 aromatic heterocycles. The van der Waals surface area contributed by atoms with E-state index >= 15 is 0 Å². The fourth-order valence-electron chi connectivity index (χ4n) is 2.03. The molecule has 0 radical (unpaired) electrons. The number of nitrogens with one attached hydrogen (secondary N) is 1. The standard InChI is InChI=1S/C15H28N4O/c1-6-12(4)19(9-10-20-5)15-11-14(16-8-3)17-13(7-2)18-15/h11-12H,6-10H2,1-5H3,(H,16,17,18). The van der Waals surface area contributed by atoms with E-state index in [9.17, 15) is 0 Å². The van der Waals surface area contributed by atoms with Crippen molar-refractivity contribution in [2.45, 2.75) is 46.6 Å². The molecule has 1 rings (SSSR count). The number of hydrogen-bond donors (Lipinski definition) is 1. The van der Waals surface area contributed by atoms with Crippen LogP contribution in [-0.4, -0.2) is 42.8 Å². The zero-order chi connectivity index (χ0) is 15.0. The highest BCUT2D eigenvalue weighted by atomic mass is 16.5. The van der Waals surface area contributed by atoms with Gasteiger partial charge in [-0.2, -0.15) is 0 Å². The highest BCUT2D eigenvalue weighted by Gasteiger charge is 2.16. The number of aryl methyl sites for hydroxylation is 1.